The Morgan fingerprint density at radius 2 is 2.26 bits per heavy atom. The molecule has 0 saturated carbocycles. The van der Waals surface area contributed by atoms with E-state index in [0.717, 1.165) is 22.8 Å². The van der Waals surface area contributed by atoms with E-state index < -0.39 is 27.9 Å². The Hall–Kier alpha value is -1.88. The average molecular weight is 429 g/mol. The van der Waals surface area contributed by atoms with E-state index in [1.54, 1.807) is 23.0 Å². The Bertz CT molecular complexity index is 1030. The SMILES string of the molecule is CN=C(S/C(Cl)=C/c1cnn2ccccc12)C(=O)NC1CS(=O)(=O)CC1O. The molecule has 11 heteroatoms. The summed E-state index contributed by atoms with van der Waals surface area (Å²) in [5.41, 5.74) is 1.64. The number of sulfone groups is 1. The quantitative estimate of drug-likeness (QED) is 0.555. The highest BCUT2D eigenvalue weighted by Gasteiger charge is 2.37. The predicted octanol–water partition coefficient (Wildman–Crippen LogP) is 0.907. The van der Waals surface area contributed by atoms with Crippen molar-refractivity contribution in [3.63, 3.8) is 0 Å². The van der Waals surface area contributed by atoms with Crippen molar-refractivity contribution in [3.8, 4) is 0 Å². The van der Waals surface area contributed by atoms with Crippen LogP contribution in [0, 0.1) is 0 Å². The van der Waals surface area contributed by atoms with Gasteiger partial charge in [0.15, 0.2) is 14.9 Å². The average Bonchev–Trinajstić information content (AvgIpc) is 3.12. The van der Waals surface area contributed by atoms with Crippen LogP contribution >= 0.6 is 23.4 Å². The van der Waals surface area contributed by atoms with Gasteiger partial charge in [-0.3, -0.25) is 9.79 Å². The summed E-state index contributed by atoms with van der Waals surface area (Å²) in [5.74, 6) is -1.25. The third-order valence-corrected chi connectivity index (χ3v) is 6.89. The van der Waals surface area contributed by atoms with Crippen molar-refractivity contribution in [2.45, 2.75) is 12.1 Å². The lowest BCUT2D eigenvalue weighted by atomic mass is 10.2. The van der Waals surface area contributed by atoms with Gasteiger partial charge in [-0.15, -0.1) is 0 Å². The van der Waals surface area contributed by atoms with E-state index in [-0.39, 0.29) is 16.5 Å². The van der Waals surface area contributed by atoms with Gasteiger partial charge in [0.1, 0.15) is 0 Å². The Morgan fingerprint density at radius 3 is 2.93 bits per heavy atom. The van der Waals surface area contributed by atoms with E-state index in [1.165, 1.54) is 7.05 Å². The van der Waals surface area contributed by atoms with Crippen LogP contribution < -0.4 is 5.32 Å². The van der Waals surface area contributed by atoms with E-state index in [4.69, 9.17) is 11.6 Å². The lowest BCUT2D eigenvalue weighted by Crippen LogP contribution is -2.44. The van der Waals surface area contributed by atoms with Gasteiger partial charge in [0.05, 0.1) is 39.7 Å². The Balaban J connectivity index is 1.70. The number of aliphatic hydroxyl groups is 1. The highest BCUT2D eigenvalue weighted by Crippen LogP contribution is 2.26. The minimum atomic E-state index is -3.36. The second-order valence-corrected chi connectivity index (χ2v) is 9.75. The van der Waals surface area contributed by atoms with Crippen molar-refractivity contribution in [1.82, 2.24) is 14.9 Å². The van der Waals surface area contributed by atoms with Gasteiger partial charge in [0, 0.05) is 18.8 Å². The van der Waals surface area contributed by atoms with Crippen LogP contribution in [-0.2, 0) is 14.6 Å². The first-order valence-electron chi connectivity index (χ1n) is 7.92. The van der Waals surface area contributed by atoms with Crippen molar-refractivity contribution in [2.75, 3.05) is 18.6 Å². The molecule has 2 unspecified atom stereocenters. The summed E-state index contributed by atoms with van der Waals surface area (Å²) in [6.07, 6.45) is 4.00. The largest absolute Gasteiger partial charge is 0.390 e. The second kappa shape index (κ2) is 8.01. The lowest BCUT2D eigenvalue weighted by molar-refractivity contribution is -0.115. The highest BCUT2D eigenvalue weighted by atomic mass is 35.5. The number of nitrogens with zero attached hydrogens (tertiary/aromatic N) is 3. The maximum Gasteiger partial charge on any atom is 0.276 e. The minimum Gasteiger partial charge on any atom is -0.390 e. The number of carbonyl (C=O) groups is 1. The van der Waals surface area contributed by atoms with Gasteiger partial charge in [-0.25, -0.2) is 12.9 Å². The van der Waals surface area contributed by atoms with Crippen LogP contribution in [0.5, 0.6) is 0 Å². The van der Waals surface area contributed by atoms with Crippen molar-refractivity contribution in [1.29, 1.82) is 0 Å². The maximum absolute atomic E-state index is 12.4. The number of halogens is 1. The van der Waals surface area contributed by atoms with Gasteiger partial charge >= 0.3 is 0 Å². The monoisotopic (exact) mass is 428 g/mol. The molecule has 144 valence electrons. The van der Waals surface area contributed by atoms with Gasteiger partial charge < -0.3 is 10.4 Å². The van der Waals surface area contributed by atoms with E-state index in [1.807, 2.05) is 18.2 Å². The van der Waals surface area contributed by atoms with Gasteiger partial charge in [0.25, 0.3) is 5.91 Å². The number of hydrogen-bond acceptors (Lipinski definition) is 7. The fraction of sp³-hybridized carbons (Fsp3) is 0.312. The fourth-order valence-electron chi connectivity index (χ4n) is 2.70. The number of nitrogens with one attached hydrogen (secondary N) is 1. The number of amides is 1. The van der Waals surface area contributed by atoms with Gasteiger partial charge in [-0.05, 0) is 18.2 Å². The molecule has 0 radical (unpaired) electrons. The predicted molar refractivity (Wildman–Crippen MR) is 107 cm³/mol. The molecule has 3 rings (SSSR count). The summed E-state index contributed by atoms with van der Waals surface area (Å²) >= 11 is 7.20. The first-order valence-corrected chi connectivity index (χ1v) is 10.9. The fourth-order valence-corrected chi connectivity index (χ4v) is 5.39. The van der Waals surface area contributed by atoms with Crippen LogP contribution in [0.15, 0.2) is 39.9 Å². The lowest BCUT2D eigenvalue weighted by Gasteiger charge is -2.15. The molecule has 0 aliphatic carbocycles. The summed E-state index contributed by atoms with van der Waals surface area (Å²) in [6, 6.07) is 4.76. The molecule has 3 heterocycles. The number of thioether (sulfide) groups is 1. The van der Waals surface area contributed by atoms with Crippen LogP contribution in [0.25, 0.3) is 11.6 Å². The molecular formula is C16H17ClN4O4S2. The molecule has 0 aromatic carbocycles. The number of aromatic nitrogens is 2. The first kappa shape index (κ1) is 19.9. The smallest absolute Gasteiger partial charge is 0.276 e. The standard InChI is InChI=1S/C16H17ClN4O4S2/c1-18-16(15(23)20-11-8-27(24,25)9-13(11)22)26-14(17)6-10-7-19-21-5-3-2-4-12(10)21/h2-7,11,13,22H,8-9H2,1H3,(H,20,23)/b14-6+,18-16?. The van der Waals surface area contributed by atoms with E-state index in [0.29, 0.717) is 4.36 Å². The molecule has 1 amide bonds. The molecule has 27 heavy (non-hydrogen) atoms. The van der Waals surface area contributed by atoms with Crippen molar-refractivity contribution < 1.29 is 18.3 Å². The van der Waals surface area contributed by atoms with Gasteiger partial charge in [-0.1, -0.05) is 29.4 Å². The second-order valence-electron chi connectivity index (χ2n) is 5.93. The normalized spacial score (nSPS) is 22.9. The molecule has 8 nitrogen and oxygen atoms in total. The zero-order valence-corrected chi connectivity index (χ0v) is 16.6. The number of hydrogen-bond donors (Lipinski definition) is 2. The molecule has 2 atom stereocenters. The van der Waals surface area contributed by atoms with Crippen molar-refractivity contribution in [3.05, 3.63) is 40.5 Å². The molecule has 1 fully saturated rings. The number of fused-ring (bicyclic) bond motifs is 1. The third-order valence-electron chi connectivity index (χ3n) is 3.96. The van der Waals surface area contributed by atoms with E-state index >= 15 is 0 Å². The zero-order valence-electron chi connectivity index (χ0n) is 14.2. The van der Waals surface area contributed by atoms with Crippen LogP contribution in [-0.4, -0.2) is 64.8 Å². The van der Waals surface area contributed by atoms with Crippen LogP contribution in [0.1, 0.15) is 5.56 Å². The van der Waals surface area contributed by atoms with Crippen molar-refractivity contribution >= 4 is 55.7 Å². The summed E-state index contributed by atoms with van der Waals surface area (Å²) in [7, 11) is -1.93. The minimum absolute atomic E-state index is 0.0595. The third kappa shape index (κ3) is 4.70. The van der Waals surface area contributed by atoms with E-state index in [2.05, 4.69) is 15.4 Å². The van der Waals surface area contributed by atoms with Crippen molar-refractivity contribution in [2.24, 2.45) is 4.99 Å². The number of aliphatic imine (C=N–C) groups is 1. The van der Waals surface area contributed by atoms with Crippen LogP contribution in [0.3, 0.4) is 0 Å². The van der Waals surface area contributed by atoms with Gasteiger partial charge in [-0.2, -0.15) is 5.10 Å². The summed E-state index contributed by atoms with van der Waals surface area (Å²) in [5, 5.41) is 16.6. The highest BCUT2D eigenvalue weighted by molar-refractivity contribution is 8.20. The molecule has 0 bridgehead atoms. The molecule has 2 aromatic heterocycles. The maximum atomic E-state index is 12.4. The molecule has 0 spiro atoms. The Labute approximate surface area is 165 Å². The molecular weight excluding hydrogens is 412 g/mol. The molecule has 2 aromatic rings. The number of rotatable bonds is 3. The molecule has 1 aliphatic heterocycles. The van der Waals surface area contributed by atoms with Gasteiger partial charge in [0.2, 0.25) is 0 Å². The number of carbonyl (C=O) groups excluding carboxylic acids is 1. The summed E-state index contributed by atoms with van der Waals surface area (Å²) in [6.45, 7) is 0. The molecule has 1 aliphatic rings. The topological polar surface area (TPSA) is 113 Å². The number of aliphatic hydroxyl groups excluding tert-OH is 1. The van der Waals surface area contributed by atoms with E-state index in [9.17, 15) is 18.3 Å². The zero-order chi connectivity index (χ0) is 19.6. The Morgan fingerprint density at radius 1 is 1.48 bits per heavy atom. The molecule has 1 saturated heterocycles. The Kier molecular flexibility index (Phi) is 5.89. The van der Waals surface area contributed by atoms with Crippen LogP contribution in [0.4, 0.5) is 0 Å². The van der Waals surface area contributed by atoms with Crippen LogP contribution in [0.2, 0.25) is 0 Å². The summed E-state index contributed by atoms with van der Waals surface area (Å²) < 4.78 is 25.1. The summed E-state index contributed by atoms with van der Waals surface area (Å²) in [4.78, 5) is 16.3. The number of pyridine rings is 1. The molecule has 2 N–H and O–H groups in total. The first-order chi connectivity index (χ1) is 12.8.